The molecular weight excluding hydrogens is 251 g/mol. The van der Waals surface area contributed by atoms with Crippen molar-refractivity contribution in [3.8, 4) is 5.75 Å². The highest BCUT2D eigenvalue weighted by Gasteiger charge is 2.08. The van der Waals surface area contributed by atoms with E-state index >= 15 is 0 Å². The Balaban J connectivity index is 2.05. The SMILES string of the molecule is Cc1ncc(COc2ccc([C@H](C)N)cc2F)s1. The van der Waals surface area contributed by atoms with E-state index in [0.29, 0.717) is 6.61 Å². The molecule has 0 radical (unpaired) electrons. The van der Waals surface area contributed by atoms with Crippen molar-refractivity contribution in [3.63, 3.8) is 0 Å². The fourth-order valence-corrected chi connectivity index (χ4v) is 2.25. The average molecular weight is 266 g/mol. The first-order valence-electron chi connectivity index (χ1n) is 5.65. The van der Waals surface area contributed by atoms with E-state index in [2.05, 4.69) is 4.98 Å². The summed E-state index contributed by atoms with van der Waals surface area (Å²) in [4.78, 5) is 5.09. The second-order valence-corrected chi connectivity index (χ2v) is 5.43. The van der Waals surface area contributed by atoms with Gasteiger partial charge in [-0.3, -0.25) is 0 Å². The largest absolute Gasteiger partial charge is 0.485 e. The monoisotopic (exact) mass is 266 g/mol. The molecule has 0 fully saturated rings. The minimum absolute atomic E-state index is 0.183. The molecule has 0 aliphatic rings. The van der Waals surface area contributed by atoms with E-state index in [1.165, 1.54) is 6.07 Å². The molecule has 96 valence electrons. The van der Waals surface area contributed by atoms with E-state index in [9.17, 15) is 4.39 Å². The Morgan fingerprint density at radius 1 is 1.50 bits per heavy atom. The lowest BCUT2D eigenvalue weighted by molar-refractivity contribution is 0.293. The summed E-state index contributed by atoms with van der Waals surface area (Å²) < 4.78 is 19.2. The number of benzene rings is 1. The molecule has 2 N–H and O–H groups in total. The molecule has 0 unspecified atom stereocenters. The molecular formula is C13H15FN2OS. The molecule has 1 heterocycles. The van der Waals surface area contributed by atoms with E-state index in [1.807, 2.05) is 13.8 Å². The average Bonchev–Trinajstić information content (AvgIpc) is 2.73. The van der Waals surface area contributed by atoms with Crippen molar-refractivity contribution in [1.29, 1.82) is 0 Å². The standard InChI is InChI=1S/C13H15FN2OS/c1-8(15)10-3-4-13(12(14)5-10)17-7-11-6-16-9(2)18-11/h3-6,8H,7,15H2,1-2H3/t8-/m0/s1. The van der Waals surface area contributed by atoms with Crippen LogP contribution in [-0.2, 0) is 6.61 Å². The van der Waals surface area contributed by atoms with Crippen LogP contribution in [0.3, 0.4) is 0 Å². The minimum atomic E-state index is -0.383. The number of nitrogens with two attached hydrogens (primary N) is 1. The van der Waals surface area contributed by atoms with Crippen molar-refractivity contribution in [2.24, 2.45) is 5.73 Å². The smallest absolute Gasteiger partial charge is 0.165 e. The molecule has 0 spiro atoms. The molecule has 0 aliphatic carbocycles. The topological polar surface area (TPSA) is 48.1 Å². The van der Waals surface area contributed by atoms with Crippen molar-refractivity contribution in [2.45, 2.75) is 26.5 Å². The Bertz CT molecular complexity index is 540. The highest BCUT2D eigenvalue weighted by Crippen LogP contribution is 2.23. The number of hydrogen-bond acceptors (Lipinski definition) is 4. The van der Waals surface area contributed by atoms with Gasteiger partial charge in [-0.1, -0.05) is 6.07 Å². The number of halogens is 1. The van der Waals surface area contributed by atoms with E-state index in [-0.39, 0.29) is 17.6 Å². The predicted octanol–water partition coefficient (Wildman–Crippen LogP) is 3.19. The maximum atomic E-state index is 13.7. The molecule has 0 aliphatic heterocycles. The normalized spacial score (nSPS) is 12.4. The lowest BCUT2D eigenvalue weighted by atomic mass is 10.1. The predicted molar refractivity (Wildman–Crippen MR) is 70.2 cm³/mol. The van der Waals surface area contributed by atoms with Crippen LogP contribution in [0, 0.1) is 12.7 Å². The Hall–Kier alpha value is -1.46. The first-order valence-corrected chi connectivity index (χ1v) is 6.47. The molecule has 2 rings (SSSR count). The summed E-state index contributed by atoms with van der Waals surface area (Å²) in [6.07, 6.45) is 1.74. The zero-order valence-electron chi connectivity index (χ0n) is 10.3. The van der Waals surface area contributed by atoms with Crippen molar-refractivity contribution in [3.05, 3.63) is 45.7 Å². The van der Waals surface area contributed by atoms with Crippen LogP contribution in [0.2, 0.25) is 0 Å². The maximum absolute atomic E-state index is 13.7. The fraction of sp³-hybridized carbons (Fsp3) is 0.308. The molecule has 0 amide bonds. The molecule has 1 aromatic heterocycles. The quantitative estimate of drug-likeness (QED) is 0.924. The van der Waals surface area contributed by atoms with Gasteiger partial charge in [0.15, 0.2) is 11.6 Å². The lowest BCUT2D eigenvalue weighted by Crippen LogP contribution is -2.05. The van der Waals surface area contributed by atoms with Crippen LogP contribution in [0.1, 0.15) is 28.4 Å². The summed E-state index contributed by atoms with van der Waals surface area (Å²) in [5.41, 5.74) is 6.44. The van der Waals surface area contributed by atoms with E-state index < -0.39 is 0 Å². The van der Waals surface area contributed by atoms with Crippen LogP contribution < -0.4 is 10.5 Å². The fourth-order valence-electron chi connectivity index (χ4n) is 1.54. The van der Waals surface area contributed by atoms with Gasteiger partial charge in [0.2, 0.25) is 0 Å². The lowest BCUT2D eigenvalue weighted by Gasteiger charge is -2.09. The minimum Gasteiger partial charge on any atom is -0.485 e. The Labute approximate surface area is 109 Å². The van der Waals surface area contributed by atoms with Crippen molar-refractivity contribution < 1.29 is 9.13 Å². The van der Waals surface area contributed by atoms with E-state index in [1.54, 1.807) is 29.7 Å². The Kier molecular flexibility index (Phi) is 3.93. The highest BCUT2D eigenvalue weighted by atomic mass is 32.1. The Morgan fingerprint density at radius 2 is 2.28 bits per heavy atom. The van der Waals surface area contributed by atoms with Gasteiger partial charge in [0.1, 0.15) is 6.61 Å². The van der Waals surface area contributed by atoms with Crippen LogP contribution in [0.4, 0.5) is 4.39 Å². The number of rotatable bonds is 4. The summed E-state index contributed by atoms with van der Waals surface area (Å²) in [6, 6.07) is 4.62. The number of thiazole rings is 1. The third kappa shape index (κ3) is 3.05. The summed E-state index contributed by atoms with van der Waals surface area (Å²) >= 11 is 1.54. The molecule has 1 aromatic carbocycles. The number of ether oxygens (including phenoxy) is 1. The molecule has 5 heteroatoms. The maximum Gasteiger partial charge on any atom is 0.165 e. The zero-order valence-corrected chi connectivity index (χ0v) is 11.1. The number of hydrogen-bond donors (Lipinski definition) is 1. The third-order valence-corrected chi connectivity index (χ3v) is 3.41. The number of aryl methyl sites for hydroxylation is 1. The molecule has 18 heavy (non-hydrogen) atoms. The van der Waals surface area contributed by atoms with Gasteiger partial charge in [-0.05, 0) is 31.5 Å². The molecule has 0 saturated carbocycles. The second kappa shape index (κ2) is 5.46. The van der Waals surface area contributed by atoms with Gasteiger partial charge in [-0.25, -0.2) is 9.37 Å². The van der Waals surface area contributed by atoms with Gasteiger partial charge in [0, 0.05) is 12.2 Å². The summed E-state index contributed by atoms with van der Waals surface area (Å²) in [6.45, 7) is 4.07. The molecule has 2 aromatic rings. The summed E-state index contributed by atoms with van der Waals surface area (Å²) in [5.74, 6) is -0.142. The molecule has 1 atom stereocenters. The van der Waals surface area contributed by atoms with Gasteiger partial charge in [-0.2, -0.15) is 0 Å². The van der Waals surface area contributed by atoms with E-state index in [0.717, 1.165) is 15.4 Å². The van der Waals surface area contributed by atoms with Gasteiger partial charge in [0.05, 0.1) is 9.88 Å². The number of nitrogens with zero attached hydrogens (tertiary/aromatic N) is 1. The second-order valence-electron chi connectivity index (χ2n) is 4.11. The summed E-state index contributed by atoms with van der Waals surface area (Å²) in [7, 11) is 0. The van der Waals surface area contributed by atoms with Crippen LogP contribution in [0.15, 0.2) is 24.4 Å². The van der Waals surface area contributed by atoms with E-state index in [4.69, 9.17) is 10.5 Å². The molecule has 0 saturated heterocycles. The third-order valence-electron chi connectivity index (χ3n) is 2.52. The van der Waals surface area contributed by atoms with Crippen LogP contribution >= 0.6 is 11.3 Å². The van der Waals surface area contributed by atoms with Crippen LogP contribution in [-0.4, -0.2) is 4.98 Å². The first kappa shape index (κ1) is 13.0. The van der Waals surface area contributed by atoms with Crippen molar-refractivity contribution >= 4 is 11.3 Å². The number of aromatic nitrogens is 1. The summed E-state index contributed by atoms with van der Waals surface area (Å²) in [5, 5.41) is 0.973. The van der Waals surface area contributed by atoms with Gasteiger partial charge in [0.25, 0.3) is 0 Å². The van der Waals surface area contributed by atoms with Crippen molar-refractivity contribution in [1.82, 2.24) is 4.98 Å². The Morgan fingerprint density at radius 3 is 2.83 bits per heavy atom. The highest BCUT2D eigenvalue weighted by molar-refractivity contribution is 7.11. The zero-order chi connectivity index (χ0) is 13.1. The van der Waals surface area contributed by atoms with Crippen molar-refractivity contribution in [2.75, 3.05) is 0 Å². The molecule has 3 nitrogen and oxygen atoms in total. The van der Waals surface area contributed by atoms with Gasteiger partial charge < -0.3 is 10.5 Å². The van der Waals surface area contributed by atoms with Crippen LogP contribution in [0.5, 0.6) is 5.75 Å². The van der Waals surface area contributed by atoms with Crippen LogP contribution in [0.25, 0.3) is 0 Å². The molecule has 0 bridgehead atoms. The van der Waals surface area contributed by atoms with Gasteiger partial charge in [-0.15, -0.1) is 11.3 Å². The first-order chi connectivity index (χ1) is 8.56. The van der Waals surface area contributed by atoms with Gasteiger partial charge >= 0.3 is 0 Å².